The Labute approximate surface area is 193 Å². The number of hydrogen-bond acceptors (Lipinski definition) is 6. The molecule has 33 heavy (non-hydrogen) atoms. The maximum Gasteiger partial charge on any atom is 0.293 e. The van der Waals surface area contributed by atoms with Crippen LogP contribution in [-0.2, 0) is 22.9 Å². The molecule has 176 valence electrons. The summed E-state index contributed by atoms with van der Waals surface area (Å²) in [5, 5.41) is 14.3. The normalized spacial score (nSPS) is 16.8. The molecule has 1 saturated heterocycles. The highest BCUT2D eigenvalue weighted by molar-refractivity contribution is 7.89. The zero-order valence-electron chi connectivity index (χ0n) is 18.6. The Balaban J connectivity index is 1.46. The summed E-state index contributed by atoms with van der Waals surface area (Å²) < 4.78 is 27.8. The van der Waals surface area contributed by atoms with Crippen molar-refractivity contribution in [1.82, 2.24) is 9.21 Å². The van der Waals surface area contributed by atoms with Crippen molar-refractivity contribution in [2.75, 3.05) is 38.0 Å². The van der Waals surface area contributed by atoms with Gasteiger partial charge in [-0.05, 0) is 68.0 Å². The molecule has 0 atom stereocenters. The van der Waals surface area contributed by atoms with Gasteiger partial charge in [0.15, 0.2) is 0 Å². The number of nitrogens with zero attached hydrogens (tertiary/aromatic N) is 3. The molecule has 9 nitrogen and oxygen atoms in total. The number of anilines is 1. The SMILES string of the molecule is CCNc1ccc(C(=O)N2CCN(S(=O)(=O)c3ccc4c(c3)CCCC4)CC2)cc1[N+](=O)[O-]. The molecule has 1 N–H and O–H groups in total. The second-order valence-electron chi connectivity index (χ2n) is 8.35. The van der Waals surface area contributed by atoms with Crippen LogP contribution in [0.1, 0.15) is 41.3 Å². The number of amides is 1. The van der Waals surface area contributed by atoms with Gasteiger partial charge in [0.05, 0.1) is 9.82 Å². The maximum atomic E-state index is 13.2. The molecule has 0 radical (unpaired) electrons. The van der Waals surface area contributed by atoms with Gasteiger partial charge in [0, 0.05) is 44.4 Å². The smallest absolute Gasteiger partial charge is 0.293 e. The fraction of sp³-hybridized carbons (Fsp3) is 0.435. The average molecular weight is 473 g/mol. The maximum absolute atomic E-state index is 13.2. The molecule has 2 aromatic carbocycles. The predicted octanol–water partition coefficient (Wildman–Crippen LogP) is 3.05. The quantitative estimate of drug-likeness (QED) is 0.511. The number of hydrogen-bond donors (Lipinski definition) is 1. The molecule has 1 aliphatic carbocycles. The average Bonchev–Trinajstić information content (AvgIpc) is 2.83. The summed E-state index contributed by atoms with van der Waals surface area (Å²) in [5.74, 6) is -0.341. The molecule has 0 saturated carbocycles. The summed E-state index contributed by atoms with van der Waals surface area (Å²) in [4.78, 5) is 25.7. The van der Waals surface area contributed by atoms with E-state index in [1.807, 2.05) is 13.0 Å². The van der Waals surface area contributed by atoms with Crippen molar-refractivity contribution in [1.29, 1.82) is 0 Å². The fourth-order valence-electron chi connectivity index (χ4n) is 4.49. The van der Waals surface area contributed by atoms with Gasteiger partial charge >= 0.3 is 0 Å². The van der Waals surface area contributed by atoms with E-state index >= 15 is 0 Å². The molecule has 0 aromatic heterocycles. The summed E-state index contributed by atoms with van der Waals surface area (Å²) in [6.45, 7) is 3.18. The van der Waals surface area contributed by atoms with Crippen LogP contribution in [0.3, 0.4) is 0 Å². The second-order valence-corrected chi connectivity index (χ2v) is 10.3. The molecule has 0 unspecified atom stereocenters. The lowest BCUT2D eigenvalue weighted by atomic mass is 9.92. The Hall–Kier alpha value is -2.98. The molecule has 2 aliphatic rings. The molecule has 0 spiro atoms. The van der Waals surface area contributed by atoms with Gasteiger partial charge in [-0.3, -0.25) is 14.9 Å². The highest BCUT2D eigenvalue weighted by Crippen LogP contribution is 2.28. The molecule has 0 bridgehead atoms. The minimum absolute atomic E-state index is 0.156. The van der Waals surface area contributed by atoms with Gasteiger partial charge in [0.1, 0.15) is 5.69 Å². The number of nitrogens with one attached hydrogen (secondary N) is 1. The number of nitro benzene ring substituents is 1. The third kappa shape index (κ3) is 4.72. The first-order chi connectivity index (χ1) is 15.8. The van der Waals surface area contributed by atoms with Gasteiger partial charge in [-0.1, -0.05) is 6.07 Å². The third-order valence-corrected chi connectivity index (χ3v) is 8.19. The topological polar surface area (TPSA) is 113 Å². The number of carbonyl (C=O) groups is 1. The van der Waals surface area contributed by atoms with Crippen LogP contribution in [0, 0.1) is 10.1 Å². The van der Waals surface area contributed by atoms with Crippen LogP contribution in [0.2, 0.25) is 0 Å². The summed E-state index contributed by atoms with van der Waals surface area (Å²) in [6, 6.07) is 9.77. The number of sulfonamides is 1. The molecule has 2 aromatic rings. The van der Waals surface area contributed by atoms with E-state index in [-0.39, 0.29) is 43.3 Å². The van der Waals surface area contributed by atoms with Crippen LogP contribution < -0.4 is 5.32 Å². The highest BCUT2D eigenvalue weighted by Gasteiger charge is 2.31. The lowest BCUT2D eigenvalue weighted by Gasteiger charge is -2.34. The van der Waals surface area contributed by atoms with Crippen LogP contribution in [-0.4, -0.2) is 61.2 Å². The summed E-state index contributed by atoms with van der Waals surface area (Å²) in [6.07, 6.45) is 4.10. The second kappa shape index (κ2) is 9.48. The monoisotopic (exact) mass is 472 g/mol. The van der Waals surface area contributed by atoms with E-state index in [1.54, 1.807) is 23.1 Å². The summed E-state index contributed by atoms with van der Waals surface area (Å²) in [5.41, 5.74) is 2.76. The molecule has 1 fully saturated rings. The molecular weight excluding hydrogens is 444 g/mol. The number of piperazine rings is 1. The largest absolute Gasteiger partial charge is 0.380 e. The van der Waals surface area contributed by atoms with Crippen molar-refractivity contribution >= 4 is 27.3 Å². The van der Waals surface area contributed by atoms with Crippen molar-refractivity contribution < 1.29 is 18.1 Å². The predicted molar refractivity (Wildman–Crippen MR) is 125 cm³/mol. The number of carbonyl (C=O) groups excluding carboxylic acids is 1. The van der Waals surface area contributed by atoms with E-state index in [9.17, 15) is 23.3 Å². The van der Waals surface area contributed by atoms with Crippen LogP contribution >= 0.6 is 0 Å². The van der Waals surface area contributed by atoms with E-state index in [2.05, 4.69) is 5.32 Å². The van der Waals surface area contributed by atoms with Gasteiger partial charge in [-0.15, -0.1) is 0 Å². The minimum atomic E-state index is -3.64. The number of nitro groups is 1. The Morgan fingerprint density at radius 3 is 2.39 bits per heavy atom. The van der Waals surface area contributed by atoms with E-state index < -0.39 is 14.9 Å². The van der Waals surface area contributed by atoms with Crippen molar-refractivity contribution in [3.63, 3.8) is 0 Å². The van der Waals surface area contributed by atoms with E-state index in [0.717, 1.165) is 31.2 Å². The molecule has 1 amide bonds. The van der Waals surface area contributed by atoms with Crippen LogP contribution in [0.25, 0.3) is 0 Å². The molecular formula is C23H28N4O5S. The fourth-order valence-corrected chi connectivity index (χ4v) is 5.96. The zero-order valence-corrected chi connectivity index (χ0v) is 19.4. The number of benzene rings is 2. The van der Waals surface area contributed by atoms with Crippen LogP contribution in [0.5, 0.6) is 0 Å². The van der Waals surface area contributed by atoms with E-state index in [0.29, 0.717) is 17.1 Å². The highest BCUT2D eigenvalue weighted by atomic mass is 32.2. The Morgan fingerprint density at radius 2 is 1.73 bits per heavy atom. The molecule has 10 heteroatoms. The number of aryl methyl sites for hydroxylation is 2. The number of rotatable bonds is 6. The lowest BCUT2D eigenvalue weighted by molar-refractivity contribution is -0.384. The van der Waals surface area contributed by atoms with E-state index in [4.69, 9.17) is 0 Å². The van der Waals surface area contributed by atoms with E-state index in [1.165, 1.54) is 22.0 Å². The van der Waals surface area contributed by atoms with Gasteiger partial charge < -0.3 is 10.2 Å². The molecule has 1 heterocycles. The zero-order chi connectivity index (χ0) is 23.6. The first-order valence-corrected chi connectivity index (χ1v) is 12.7. The van der Waals surface area contributed by atoms with Crippen molar-refractivity contribution in [2.45, 2.75) is 37.5 Å². The summed E-state index contributed by atoms with van der Waals surface area (Å²) in [7, 11) is -3.64. The van der Waals surface area contributed by atoms with Gasteiger partial charge in [-0.2, -0.15) is 4.31 Å². The standard InChI is InChI=1S/C23H28N4O5S/c1-2-24-21-10-8-19(16-22(21)27(29)30)23(28)25-11-13-26(14-12-25)33(31,32)20-9-7-17-5-3-4-6-18(17)15-20/h7-10,15-16,24H,2-6,11-14H2,1H3. The first kappa shape index (κ1) is 23.2. The Kier molecular flexibility index (Phi) is 6.66. The van der Waals surface area contributed by atoms with Gasteiger partial charge in [-0.25, -0.2) is 8.42 Å². The van der Waals surface area contributed by atoms with Gasteiger partial charge in [0.2, 0.25) is 10.0 Å². The number of fused-ring (bicyclic) bond motifs is 1. The Bertz CT molecular complexity index is 1170. The first-order valence-electron chi connectivity index (χ1n) is 11.2. The minimum Gasteiger partial charge on any atom is -0.380 e. The van der Waals surface area contributed by atoms with Crippen LogP contribution in [0.15, 0.2) is 41.3 Å². The van der Waals surface area contributed by atoms with Crippen molar-refractivity contribution in [2.24, 2.45) is 0 Å². The van der Waals surface area contributed by atoms with Crippen molar-refractivity contribution in [3.8, 4) is 0 Å². The lowest BCUT2D eigenvalue weighted by Crippen LogP contribution is -2.50. The summed E-state index contributed by atoms with van der Waals surface area (Å²) >= 11 is 0. The van der Waals surface area contributed by atoms with Crippen LogP contribution in [0.4, 0.5) is 11.4 Å². The Morgan fingerprint density at radius 1 is 1.03 bits per heavy atom. The van der Waals surface area contributed by atoms with Crippen molar-refractivity contribution in [3.05, 3.63) is 63.2 Å². The molecule has 1 aliphatic heterocycles. The van der Waals surface area contributed by atoms with Gasteiger partial charge in [0.25, 0.3) is 11.6 Å². The third-order valence-electron chi connectivity index (χ3n) is 6.29. The molecule has 4 rings (SSSR count).